The third kappa shape index (κ3) is 2.44. The average molecular weight is 241 g/mol. The summed E-state index contributed by atoms with van der Waals surface area (Å²) in [5.41, 5.74) is 0.387. The number of ether oxygens (including phenoxy) is 1. The first kappa shape index (κ1) is 12.0. The lowest BCUT2D eigenvalue weighted by molar-refractivity contribution is -0.142. The summed E-state index contributed by atoms with van der Waals surface area (Å²) in [5.74, 6) is -1.54. The molecule has 2 rings (SSSR count). The predicted molar refractivity (Wildman–Crippen MR) is 57.3 cm³/mol. The largest absolute Gasteiger partial charge is 0.468 e. The first-order chi connectivity index (χ1) is 8.11. The predicted octanol–water partition coefficient (Wildman–Crippen LogP) is 1.93. The highest BCUT2D eigenvalue weighted by atomic mass is 19.1. The van der Waals surface area contributed by atoms with Crippen molar-refractivity contribution in [3.8, 4) is 0 Å². The molecule has 0 amide bonds. The SMILES string of the molecule is COC(=O)[C@H]1CC[C@H](c2ccc(F)cc2F)N1. The van der Waals surface area contributed by atoms with Gasteiger partial charge >= 0.3 is 5.97 Å². The Hall–Kier alpha value is -1.49. The van der Waals surface area contributed by atoms with E-state index in [0.29, 0.717) is 18.4 Å². The van der Waals surface area contributed by atoms with Crippen LogP contribution in [0.25, 0.3) is 0 Å². The molecule has 1 aliphatic heterocycles. The van der Waals surface area contributed by atoms with E-state index < -0.39 is 17.7 Å². The fourth-order valence-electron chi connectivity index (χ4n) is 2.10. The Morgan fingerprint density at radius 1 is 1.41 bits per heavy atom. The van der Waals surface area contributed by atoms with E-state index in [9.17, 15) is 13.6 Å². The van der Waals surface area contributed by atoms with Crippen LogP contribution in [0.4, 0.5) is 8.78 Å². The molecule has 0 spiro atoms. The smallest absolute Gasteiger partial charge is 0.322 e. The van der Waals surface area contributed by atoms with E-state index >= 15 is 0 Å². The van der Waals surface area contributed by atoms with Crippen molar-refractivity contribution in [2.75, 3.05) is 7.11 Å². The lowest BCUT2D eigenvalue weighted by atomic mass is 10.0. The van der Waals surface area contributed by atoms with Crippen molar-refractivity contribution in [1.29, 1.82) is 0 Å². The summed E-state index contributed by atoms with van der Waals surface area (Å²) >= 11 is 0. The zero-order valence-corrected chi connectivity index (χ0v) is 9.37. The standard InChI is InChI=1S/C12H13F2NO2/c1-17-12(16)11-5-4-10(15-11)8-3-2-7(13)6-9(8)14/h2-3,6,10-11,15H,4-5H2,1H3/t10-,11-/m1/s1. The summed E-state index contributed by atoms with van der Waals surface area (Å²) in [6, 6.07) is 2.80. The molecule has 0 radical (unpaired) electrons. The Bertz CT molecular complexity index is 437. The minimum absolute atomic E-state index is 0.264. The molecule has 1 fully saturated rings. The van der Waals surface area contributed by atoms with Gasteiger partial charge < -0.3 is 4.74 Å². The number of hydrogen-bond donors (Lipinski definition) is 1. The van der Waals surface area contributed by atoms with Crippen molar-refractivity contribution in [3.05, 3.63) is 35.4 Å². The van der Waals surface area contributed by atoms with Gasteiger partial charge in [-0.15, -0.1) is 0 Å². The molecule has 0 unspecified atom stereocenters. The van der Waals surface area contributed by atoms with Crippen LogP contribution in [0.15, 0.2) is 18.2 Å². The summed E-state index contributed by atoms with van der Waals surface area (Å²) < 4.78 is 30.9. The number of nitrogens with one attached hydrogen (secondary N) is 1. The lowest BCUT2D eigenvalue weighted by Gasteiger charge is -2.13. The molecule has 2 atom stereocenters. The van der Waals surface area contributed by atoms with Crippen LogP contribution in [0.5, 0.6) is 0 Å². The molecule has 0 bridgehead atoms. The van der Waals surface area contributed by atoms with Crippen LogP contribution in [0.3, 0.4) is 0 Å². The third-order valence-electron chi connectivity index (χ3n) is 2.97. The maximum absolute atomic E-state index is 13.5. The first-order valence-electron chi connectivity index (χ1n) is 5.40. The van der Waals surface area contributed by atoms with Crippen LogP contribution in [0.2, 0.25) is 0 Å². The van der Waals surface area contributed by atoms with Crippen LogP contribution < -0.4 is 5.32 Å². The molecular weight excluding hydrogens is 228 g/mol. The van der Waals surface area contributed by atoms with Gasteiger partial charge in [0.2, 0.25) is 0 Å². The number of methoxy groups -OCH3 is 1. The molecule has 0 saturated carbocycles. The second-order valence-electron chi connectivity index (χ2n) is 4.04. The second-order valence-corrected chi connectivity index (χ2v) is 4.04. The van der Waals surface area contributed by atoms with Gasteiger partial charge in [-0.25, -0.2) is 8.78 Å². The maximum atomic E-state index is 13.5. The molecule has 1 aromatic carbocycles. The minimum Gasteiger partial charge on any atom is -0.468 e. The molecule has 0 aliphatic carbocycles. The van der Waals surface area contributed by atoms with Gasteiger partial charge in [0.05, 0.1) is 7.11 Å². The highest BCUT2D eigenvalue weighted by Crippen LogP contribution is 2.28. The monoisotopic (exact) mass is 241 g/mol. The number of halogens is 2. The zero-order chi connectivity index (χ0) is 12.4. The summed E-state index contributed by atoms with van der Waals surface area (Å²) in [6.07, 6.45) is 1.22. The van der Waals surface area contributed by atoms with Gasteiger partial charge in [0, 0.05) is 17.7 Å². The maximum Gasteiger partial charge on any atom is 0.322 e. The topological polar surface area (TPSA) is 38.3 Å². The van der Waals surface area contributed by atoms with Gasteiger partial charge in [-0.05, 0) is 18.9 Å². The van der Waals surface area contributed by atoms with Gasteiger partial charge in [0.1, 0.15) is 17.7 Å². The van der Waals surface area contributed by atoms with Crippen molar-refractivity contribution in [1.82, 2.24) is 5.32 Å². The molecule has 1 aromatic rings. The van der Waals surface area contributed by atoms with Crippen molar-refractivity contribution >= 4 is 5.97 Å². The molecule has 92 valence electrons. The molecule has 0 aromatic heterocycles. The van der Waals surface area contributed by atoms with Gasteiger partial charge in [-0.2, -0.15) is 0 Å². The highest BCUT2D eigenvalue weighted by Gasteiger charge is 2.31. The molecule has 5 heteroatoms. The Morgan fingerprint density at radius 2 is 2.18 bits per heavy atom. The van der Waals surface area contributed by atoms with Crippen LogP contribution >= 0.6 is 0 Å². The van der Waals surface area contributed by atoms with E-state index in [-0.39, 0.29) is 12.0 Å². The van der Waals surface area contributed by atoms with E-state index in [1.807, 2.05) is 0 Å². The number of benzene rings is 1. The van der Waals surface area contributed by atoms with Crippen molar-refractivity contribution in [3.63, 3.8) is 0 Å². The molecular formula is C12H13F2NO2. The van der Waals surface area contributed by atoms with Gasteiger partial charge in [0.15, 0.2) is 0 Å². The zero-order valence-electron chi connectivity index (χ0n) is 9.37. The van der Waals surface area contributed by atoms with Gasteiger partial charge in [-0.3, -0.25) is 10.1 Å². The number of esters is 1. The fourth-order valence-corrected chi connectivity index (χ4v) is 2.10. The molecule has 1 N–H and O–H groups in total. The van der Waals surface area contributed by atoms with E-state index in [2.05, 4.69) is 10.1 Å². The van der Waals surface area contributed by atoms with Crippen molar-refractivity contribution < 1.29 is 18.3 Å². The molecule has 1 heterocycles. The second kappa shape index (κ2) is 4.79. The molecule has 17 heavy (non-hydrogen) atoms. The molecule has 1 aliphatic rings. The van der Waals surface area contributed by atoms with Crippen LogP contribution in [0, 0.1) is 11.6 Å². The van der Waals surface area contributed by atoms with E-state index in [4.69, 9.17) is 0 Å². The summed E-state index contributed by atoms with van der Waals surface area (Å²) in [6.45, 7) is 0. The quantitative estimate of drug-likeness (QED) is 0.804. The summed E-state index contributed by atoms with van der Waals surface area (Å²) in [5, 5.41) is 2.98. The fraction of sp³-hybridized carbons (Fsp3) is 0.417. The first-order valence-corrected chi connectivity index (χ1v) is 5.40. The Morgan fingerprint density at radius 3 is 2.82 bits per heavy atom. The molecule has 1 saturated heterocycles. The average Bonchev–Trinajstić information content (AvgIpc) is 2.77. The Kier molecular flexibility index (Phi) is 3.38. The van der Waals surface area contributed by atoms with Crippen LogP contribution in [-0.4, -0.2) is 19.1 Å². The highest BCUT2D eigenvalue weighted by molar-refractivity contribution is 5.76. The summed E-state index contributed by atoms with van der Waals surface area (Å²) in [7, 11) is 1.32. The van der Waals surface area contributed by atoms with Gasteiger partial charge in [0.25, 0.3) is 0 Å². The number of rotatable bonds is 2. The lowest BCUT2D eigenvalue weighted by Crippen LogP contribution is -2.33. The van der Waals surface area contributed by atoms with E-state index in [0.717, 1.165) is 6.07 Å². The molecule has 3 nitrogen and oxygen atoms in total. The normalized spacial score (nSPS) is 23.7. The van der Waals surface area contributed by atoms with E-state index in [1.54, 1.807) is 0 Å². The number of hydrogen-bond acceptors (Lipinski definition) is 3. The Balaban J connectivity index is 2.12. The number of carbonyl (C=O) groups excluding carboxylic acids is 1. The Labute approximate surface area is 97.8 Å². The number of carbonyl (C=O) groups is 1. The van der Waals surface area contributed by atoms with Crippen LogP contribution in [-0.2, 0) is 9.53 Å². The van der Waals surface area contributed by atoms with Crippen molar-refractivity contribution in [2.45, 2.75) is 24.9 Å². The van der Waals surface area contributed by atoms with Gasteiger partial charge in [-0.1, -0.05) is 6.07 Å². The minimum atomic E-state index is -0.603. The third-order valence-corrected chi connectivity index (χ3v) is 2.97. The van der Waals surface area contributed by atoms with Crippen molar-refractivity contribution in [2.24, 2.45) is 0 Å². The van der Waals surface area contributed by atoms with E-state index in [1.165, 1.54) is 19.2 Å². The van der Waals surface area contributed by atoms with Crippen LogP contribution in [0.1, 0.15) is 24.4 Å². The summed E-state index contributed by atoms with van der Waals surface area (Å²) in [4.78, 5) is 11.3.